The number of rotatable bonds is 3. The van der Waals surface area contributed by atoms with Gasteiger partial charge in [0.2, 0.25) is 5.91 Å². The first-order valence-corrected chi connectivity index (χ1v) is 7.45. The van der Waals surface area contributed by atoms with E-state index in [4.69, 9.17) is 16.3 Å². The smallest absolute Gasteiger partial charge is 0.230 e. The number of anilines is 1. The second kappa shape index (κ2) is 6.21. The molecule has 0 aromatic heterocycles. The van der Waals surface area contributed by atoms with Gasteiger partial charge < -0.3 is 10.1 Å². The first kappa shape index (κ1) is 14.1. The Bertz CT molecular complexity index is 453. The molecular formula is C13H15ClINO2. The summed E-state index contributed by atoms with van der Waals surface area (Å²) in [4.78, 5) is 12.2. The van der Waals surface area contributed by atoms with Gasteiger partial charge in [-0.1, -0.05) is 18.5 Å². The van der Waals surface area contributed by atoms with Crippen molar-refractivity contribution in [3.05, 3.63) is 26.8 Å². The van der Waals surface area contributed by atoms with Crippen LogP contribution in [0.25, 0.3) is 0 Å². The minimum Gasteiger partial charge on any atom is -0.377 e. The lowest BCUT2D eigenvalue weighted by molar-refractivity contribution is -0.121. The van der Waals surface area contributed by atoms with Gasteiger partial charge >= 0.3 is 0 Å². The first-order chi connectivity index (χ1) is 8.61. The second-order valence-electron chi connectivity index (χ2n) is 4.33. The molecule has 0 saturated carbocycles. The highest BCUT2D eigenvalue weighted by atomic mass is 127. The summed E-state index contributed by atoms with van der Waals surface area (Å²) in [6, 6.07) is 5.59. The van der Waals surface area contributed by atoms with Gasteiger partial charge in [-0.05, 0) is 53.6 Å². The third-order valence-corrected chi connectivity index (χ3v) is 4.12. The number of halogens is 2. The van der Waals surface area contributed by atoms with Gasteiger partial charge in [-0.15, -0.1) is 0 Å². The summed E-state index contributed by atoms with van der Waals surface area (Å²) < 4.78 is 6.58. The van der Waals surface area contributed by atoms with E-state index < -0.39 is 0 Å². The van der Waals surface area contributed by atoms with E-state index >= 15 is 0 Å². The zero-order chi connectivity index (χ0) is 13.1. The molecule has 1 amide bonds. The summed E-state index contributed by atoms with van der Waals surface area (Å²) in [6.45, 7) is 2.70. The van der Waals surface area contributed by atoms with Crippen molar-refractivity contribution >= 4 is 45.8 Å². The Morgan fingerprint density at radius 3 is 3.06 bits per heavy atom. The van der Waals surface area contributed by atoms with Crippen molar-refractivity contribution in [3.63, 3.8) is 0 Å². The normalized spacial score (nSPS) is 23.1. The van der Waals surface area contributed by atoms with Crippen LogP contribution >= 0.6 is 34.2 Å². The Hall–Kier alpha value is -0.330. The monoisotopic (exact) mass is 379 g/mol. The fraction of sp³-hybridized carbons (Fsp3) is 0.462. The molecule has 3 nitrogen and oxygen atoms in total. The van der Waals surface area contributed by atoms with Crippen LogP contribution in [0.15, 0.2) is 18.2 Å². The average Bonchev–Trinajstić information content (AvgIpc) is 2.81. The number of hydrogen-bond acceptors (Lipinski definition) is 2. The maximum Gasteiger partial charge on any atom is 0.230 e. The number of amides is 1. The van der Waals surface area contributed by atoms with E-state index in [9.17, 15) is 4.79 Å². The molecule has 1 aromatic rings. The highest BCUT2D eigenvalue weighted by Gasteiger charge is 2.32. The van der Waals surface area contributed by atoms with Crippen LogP contribution in [0.3, 0.4) is 0 Å². The molecule has 1 aromatic carbocycles. The molecule has 0 radical (unpaired) electrons. The lowest BCUT2D eigenvalue weighted by Crippen LogP contribution is -2.29. The average molecular weight is 380 g/mol. The van der Waals surface area contributed by atoms with Crippen LogP contribution in [0.5, 0.6) is 0 Å². The van der Waals surface area contributed by atoms with Crippen LogP contribution in [0.1, 0.15) is 19.8 Å². The Balaban J connectivity index is 2.07. The maximum absolute atomic E-state index is 12.2. The van der Waals surface area contributed by atoms with Gasteiger partial charge in [0.15, 0.2) is 0 Å². The molecule has 18 heavy (non-hydrogen) atoms. The molecule has 2 unspecified atom stereocenters. The lowest BCUT2D eigenvalue weighted by Gasteiger charge is -2.17. The molecular weight excluding hydrogens is 365 g/mol. The van der Waals surface area contributed by atoms with E-state index in [1.165, 1.54) is 0 Å². The van der Waals surface area contributed by atoms with Crippen LogP contribution in [0, 0.1) is 9.49 Å². The Morgan fingerprint density at radius 2 is 2.39 bits per heavy atom. The van der Waals surface area contributed by atoms with Crippen molar-refractivity contribution in [2.75, 3.05) is 11.9 Å². The van der Waals surface area contributed by atoms with Gasteiger partial charge in [-0.2, -0.15) is 0 Å². The molecule has 0 spiro atoms. The third kappa shape index (κ3) is 3.16. The maximum atomic E-state index is 12.2. The Kier molecular flexibility index (Phi) is 4.86. The van der Waals surface area contributed by atoms with Crippen molar-refractivity contribution in [2.24, 2.45) is 5.92 Å². The number of carbonyl (C=O) groups excluding carboxylic acids is 1. The van der Waals surface area contributed by atoms with Crippen molar-refractivity contribution in [2.45, 2.75) is 25.9 Å². The predicted molar refractivity (Wildman–Crippen MR) is 80.9 cm³/mol. The molecule has 5 heteroatoms. The summed E-state index contributed by atoms with van der Waals surface area (Å²) in [7, 11) is 0. The standard InChI is InChI=1S/C13H15ClINO2/c1-2-12-9(5-6-18-12)13(17)16-11-4-3-8(15)7-10(11)14/h3-4,7,9,12H,2,5-6H2,1H3,(H,16,17). The second-order valence-corrected chi connectivity index (χ2v) is 5.98. The molecule has 1 saturated heterocycles. The van der Waals surface area contributed by atoms with E-state index in [2.05, 4.69) is 27.9 Å². The van der Waals surface area contributed by atoms with Gasteiger partial charge in [0, 0.05) is 10.2 Å². The summed E-state index contributed by atoms with van der Waals surface area (Å²) >= 11 is 8.29. The highest BCUT2D eigenvalue weighted by molar-refractivity contribution is 14.1. The topological polar surface area (TPSA) is 38.3 Å². The molecule has 2 atom stereocenters. The van der Waals surface area contributed by atoms with Gasteiger partial charge in [0.05, 0.1) is 22.7 Å². The van der Waals surface area contributed by atoms with Gasteiger partial charge in [0.1, 0.15) is 0 Å². The van der Waals surface area contributed by atoms with E-state index in [1.54, 1.807) is 0 Å². The van der Waals surface area contributed by atoms with E-state index in [0.717, 1.165) is 16.4 Å². The molecule has 1 aliphatic rings. The molecule has 0 aliphatic carbocycles. The number of carbonyl (C=O) groups is 1. The molecule has 98 valence electrons. The zero-order valence-electron chi connectivity index (χ0n) is 10.1. The summed E-state index contributed by atoms with van der Waals surface area (Å²) in [5.41, 5.74) is 0.670. The summed E-state index contributed by atoms with van der Waals surface area (Å²) in [6.07, 6.45) is 1.68. The Morgan fingerprint density at radius 1 is 1.61 bits per heavy atom. The fourth-order valence-electron chi connectivity index (χ4n) is 2.17. The van der Waals surface area contributed by atoms with Crippen molar-refractivity contribution < 1.29 is 9.53 Å². The van der Waals surface area contributed by atoms with Gasteiger partial charge in [-0.3, -0.25) is 4.79 Å². The van der Waals surface area contributed by atoms with E-state index in [1.807, 2.05) is 25.1 Å². The molecule has 0 bridgehead atoms. The van der Waals surface area contributed by atoms with Crippen molar-refractivity contribution in [1.82, 2.24) is 0 Å². The van der Waals surface area contributed by atoms with Crippen molar-refractivity contribution in [1.29, 1.82) is 0 Å². The molecule has 1 fully saturated rings. The molecule has 2 rings (SSSR count). The number of hydrogen-bond donors (Lipinski definition) is 1. The highest BCUT2D eigenvalue weighted by Crippen LogP contribution is 2.28. The number of benzene rings is 1. The van der Waals surface area contributed by atoms with Crippen molar-refractivity contribution in [3.8, 4) is 0 Å². The number of ether oxygens (including phenoxy) is 1. The van der Waals surface area contributed by atoms with Gasteiger partial charge in [-0.25, -0.2) is 0 Å². The van der Waals surface area contributed by atoms with Crippen LogP contribution in [0.2, 0.25) is 5.02 Å². The van der Waals surface area contributed by atoms with Crippen LogP contribution in [0.4, 0.5) is 5.69 Å². The minimum absolute atomic E-state index is 0.00228. The van der Waals surface area contributed by atoms with E-state index in [-0.39, 0.29) is 17.9 Å². The van der Waals surface area contributed by atoms with Crippen LogP contribution in [-0.4, -0.2) is 18.6 Å². The largest absolute Gasteiger partial charge is 0.377 e. The van der Waals surface area contributed by atoms with Gasteiger partial charge in [0.25, 0.3) is 0 Å². The first-order valence-electron chi connectivity index (χ1n) is 5.99. The van der Waals surface area contributed by atoms with E-state index in [0.29, 0.717) is 17.3 Å². The number of nitrogens with one attached hydrogen (secondary N) is 1. The minimum atomic E-state index is -0.0645. The van der Waals surface area contributed by atoms with Crippen LogP contribution in [-0.2, 0) is 9.53 Å². The summed E-state index contributed by atoms with van der Waals surface area (Å²) in [5, 5.41) is 3.46. The SMILES string of the molecule is CCC1OCCC1C(=O)Nc1ccc(I)cc1Cl. The molecule has 1 aliphatic heterocycles. The molecule has 1 N–H and O–H groups in total. The molecule has 1 heterocycles. The predicted octanol–water partition coefficient (Wildman–Crippen LogP) is 3.70. The zero-order valence-corrected chi connectivity index (χ0v) is 13.0. The third-order valence-electron chi connectivity index (χ3n) is 3.14. The lowest BCUT2D eigenvalue weighted by atomic mass is 9.98. The Labute approximate surface area is 125 Å². The summed E-state index contributed by atoms with van der Waals surface area (Å²) in [5.74, 6) is -0.0622. The fourth-order valence-corrected chi connectivity index (χ4v) is 3.07. The quantitative estimate of drug-likeness (QED) is 0.813. The van der Waals surface area contributed by atoms with Crippen LogP contribution < -0.4 is 5.32 Å².